The minimum absolute atomic E-state index is 0.0114. The van der Waals surface area contributed by atoms with Crippen molar-refractivity contribution in [3.8, 4) is 0 Å². The molecule has 0 amide bonds. The molecule has 7 atom stereocenters. The van der Waals surface area contributed by atoms with Gasteiger partial charge in [-0.15, -0.1) is 0 Å². The molecular formula is C29H44O4. The van der Waals surface area contributed by atoms with Gasteiger partial charge in [-0.25, -0.2) is 0 Å². The summed E-state index contributed by atoms with van der Waals surface area (Å²) in [6.07, 6.45) is 14.3. The van der Waals surface area contributed by atoms with E-state index in [-0.39, 0.29) is 11.8 Å². The number of carboxylic acid groups (broad SMARTS) is 1. The number of hydrogen-bond donors (Lipinski definition) is 3. The van der Waals surface area contributed by atoms with E-state index in [0.717, 1.165) is 24.8 Å². The second-order valence-electron chi connectivity index (χ2n) is 12.6. The van der Waals surface area contributed by atoms with Gasteiger partial charge in [-0.1, -0.05) is 68.6 Å². The number of aliphatic hydroxyl groups excluding tert-OH is 1. The van der Waals surface area contributed by atoms with Crippen LogP contribution in [-0.2, 0) is 4.79 Å². The van der Waals surface area contributed by atoms with E-state index in [1.165, 1.54) is 36.8 Å². The molecule has 4 nitrogen and oxygen atoms in total. The van der Waals surface area contributed by atoms with Gasteiger partial charge >= 0.3 is 5.97 Å². The van der Waals surface area contributed by atoms with Crippen LogP contribution in [0.4, 0.5) is 0 Å². The molecule has 0 aromatic carbocycles. The molecule has 2 saturated carbocycles. The van der Waals surface area contributed by atoms with Crippen LogP contribution in [0.15, 0.2) is 34.9 Å². The maximum absolute atomic E-state index is 11.7. The average molecular weight is 457 g/mol. The van der Waals surface area contributed by atoms with E-state index in [9.17, 15) is 20.1 Å². The highest BCUT2D eigenvalue weighted by molar-refractivity contribution is 5.71. The second kappa shape index (κ2) is 8.68. The summed E-state index contributed by atoms with van der Waals surface area (Å²) < 4.78 is 0. The second-order valence-corrected chi connectivity index (χ2v) is 12.6. The van der Waals surface area contributed by atoms with E-state index in [0.29, 0.717) is 35.5 Å². The summed E-state index contributed by atoms with van der Waals surface area (Å²) in [5.74, 6) is 1.44. The van der Waals surface area contributed by atoms with Gasteiger partial charge in [0, 0.05) is 5.41 Å². The Morgan fingerprint density at radius 3 is 2.58 bits per heavy atom. The van der Waals surface area contributed by atoms with E-state index < -0.39 is 17.7 Å². The standard InChI is InChI=1S/C29H44O4/c1-18(7-6-13-27(2,3)33)23-10-11-24-22-9-8-19-15-21(30)16-20(17-26(31)32)29(19,5)25(22)12-14-28(23,24)4/h8-9,16,18,21,23-25,30,33H,6-7,10-15,17H2,1-5H3,(H,31,32)/t18-,21-,23-,24+,25+,28-,29-/m1/s1. The quantitative estimate of drug-likeness (QED) is 0.408. The Labute approximate surface area is 199 Å². The molecule has 4 rings (SSSR count). The third-order valence-electron chi connectivity index (χ3n) is 9.99. The van der Waals surface area contributed by atoms with Crippen LogP contribution in [0.3, 0.4) is 0 Å². The highest BCUT2D eigenvalue weighted by atomic mass is 16.4. The van der Waals surface area contributed by atoms with Crippen LogP contribution in [-0.4, -0.2) is 33.0 Å². The molecule has 0 aliphatic heterocycles. The van der Waals surface area contributed by atoms with Crippen molar-refractivity contribution < 1.29 is 20.1 Å². The van der Waals surface area contributed by atoms with E-state index in [1.807, 2.05) is 19.9 Å². The Bertz CT molecular complexity index is 875. The Hall–Kier alpha value is -1.39. The number of fused-ring (bicyclic) bond motifs is 5. The summed E-state index contributed by atoms with van der Waals surface area (Å²) in [4.78, 5) is 11.7. The molecule has 4 aliphatic rings. The fraction of sp³-hybridized carbons (Fsp3) is 0.759. The molecule has 2 fully saturated rings. The Morgan fingerprint density at radius 2 is 1.91 bits per heavy atom. The van der Waals surface area contributed by atoms with E-state index in [1.54, 1.807) is 0 Å². The van der Waals surface area contributed by atoms with Crippen LogP contribution in [0.5, 0.6) is 0 Å². The largest absolute Gasteiger partial charge is 0.481 e. The number of carboxylic acids is 1. The van der Waals surface area contributed by atoms with Crippen molar-refractivity contribution in [2.45, 2.75) is 104 Å². The molecule has 0 heterocycles. The lowest BCUT2D eigenvalue weighted by atomic mass is 9.49. The SMILES string of the molecule is C[C@H](CCCC(C)(C)O)[C@H]1CC[C@H]2C3=CC=C4C[C@@H](O)C=C(CC(=O)O)[C@]4(C)[C@H]3CC[C@]12C. The third kappa shape index (κ3) is 4.38. The van der Waals surface area contributed by atoms with Gasteiger partial charge in [0.15, 0.2) is 0 Å². The summed E-state index contributed by atoms with van der Waals surface area (Å²) >= 11 is 0. The van der Waals surface area contributed by atoms with Gasteiger partial charge in [0.1, 0.15) is 0 Å². The molecule has 184 valence electrons. The molecule has 4 heteroatoms. The van der Waals surface area contributed by atoms with Crippen LogP contribution in [0.2, 0.25) is 0 Å². The first-order valence-corrected chi connectivity index (χ1v) is 13.1. The highest BCUT2D eigenvalue weighted by Gasteiger charge is 2.57. The Kier molecular flexibility index (Phi) is 6.50. The number of hydrogen-bond acceptors (Lipinski definition) is 3. The molecule has 0 spiro atoms. The lowest BCUT2D eigenvalue weighted by molar-refractivity contribution is -0.136. The Balaban J connectivity index is 1.57. The summed E-state index contributed by atoms with van der Waals surface area (Å²) in [5.41, 5.74) is 3.08. The lowest BCUT2D eigenvalue weighted by Gasteiger charge is -2.55. The summed E-state index contributed by atoms with van der Waals surface area (Å²) in [7, 11) is 0. The van der Waals surface area contributed by atoms with Crippen molar-refractivity contribution in [2.24, 2.45) is 34.5 Å². The number of carbonyl (C=O) groups is 1. The fourth-order valence-corrected chi connectivity index (χ4v) is 8.28. The smallest absolute Gasteiger partial charge is 0.307 e. The van der Waals surface area contributed by atoms with Crippen molar-refractivity contribution in [3.05, 3.63) is 34.9 Å². The number of aliphatic carboxylic acids is 1. The highest BCUT2D eigenvalue weighted by Crippen LogP contribution is 2.66. The first-order chi connectivity index (χ1) is 15.4. The Morgan fingerprint density at radius 1 is 1.18 bits per heavy atom. The van der Waals surface area contributed by atoms with Gasteiger partial charge < -0.3 is 15.3 Å². The number of rotatable bonds is 7. The van der Waals surface area contributed by atoms with E-state index >= 15 is 0 Å². The first-order valence-electron chi connectivity index (χ1n) is 13.1. The summed E-state index contributed by atoms with van der Waals surface area (Å²) in [6.45, 7) is 11.0. The molecule has 0 bridgehead atoms. The molecule has 33 heavy (non-hydrogen) atoms. The number of aliphatic hydroxyl groups is 2. The predicted molar refractivity (Wildman–Crippen MR) is 132 cm³/mol. The van der Waals surface area contributed by atoms with Crippen molar-refractivity contribution in [1.29, 1.82) is 0 Å². The van der Waals surface area contributed by atoms with Gasteiger partial charge in [-0.2, -0.15) is 0 Å². The fourth-order valence-electron chi connectivity index (χ4n) is 8.28. The minimum Gasteiger partial charge on any atom is -0.481 e. The summed E-state index contributed by atoms with van der Waals surface area (Å²) in [5, 5.41) is 30.1. The molecule has 0 saturated heterocycles. The maximum atomic E-state index is 11.7. The van der Waals surface area contributed by atoms with Gasteiger partial charge in [0.25, 0.3) is 0 Å². The monoisotopic (exact) mass is 456 g/mol. The molecule has 0 radical (unpaired) electrons. The third-order valence-corrected chi connectivity index (χ3v) is 9.99. The van der Waals surface area contributed by atoms with E-state index in [4.69, 9.17) is 0 Å². The molecular weight excluding hydrogens is 412 g/mol. The van der Waals surface area contributed by atoms with Gasteiger partial charge in [-0.3, -0.25) is 4.79 Å². The van der Waals surface area contributed by atoms with Crippen molar-refractivity contribution in [3.63, 3.8) is 0 Å². The predicted octanol–water partition coefficient (Wildman–Crippen LogP) is 6.04. The van der Waals surface area contributed by atoms with Gasteiger partial charge in [0.2, 0.25) is 0 Å². The van der Waals surface area contributed by atoms with Crippen molar-refractivity contribution in [2.75, 3.05) is 0 Å². The van der Waals surface area contributed by atoms with Gasteiger partial charge in [-0.05, 0) is 81.5 Å². The molecule has 0 aromatic rings. The van der Waals surface area contributed by atoms with Crippen LogP contribution >= 0.6 is 0 Å². The molecule has 3 N–H and O–H groups in total. The van der Waals surface area contributed by atoms with Crippen LogP contribution in [0.25, 0.3) is 0 Å². The van der Waals surface area contributed by atoms with Crippen LogP contribution < -0.4 is 0 Å². The zero-order chi connectivity index (χ0) is 24.2. The number of allylic oxidation sites excluding steroid dienone is 3. The normalized spacial score (nSPS) is 38.9. The van der Waals surface area contributed by atoms with Crippen LogP contribution in [0, 0.1) is 34.5 Å². The van der Waals surface area contributed by atoms with E-state index in [2.05, 4.69) is 32.9 Å². The molecule has 0 aromatic heterocycles. The minimum atomic E-state index is -0.812. The first kappa shape index (κ1) is 24.7. The molecule has 0 unspecified atom stereocenters. The lowest BCUT2D eigenvalue weighted by Crippen LogP contribution is -2.47. The van der Waals surface area contributed by atoms with Crippen molar-refractivity contribution in [1.82, 2.24) is 0 Å². The van der Waals surface area contributed by atoms with Crippen LogP contribution in [0.1, 0.15) is 92.4 Å². The zero-order valence-corrected chi connectivity index (χ0v) is 21.2. The van der Waals surface area contributed by atoms with Crippen molar-refractivity contribution >= 4 is 5.97 Å². The summed E-state index contributed by atoms with van der Waals surface area (Å²) in [6, 6.07) is 0. The maximum Gasteiger partial charge on any atom is 0.307 e. The average Bonchev–Trinajstić information content (AvgIpc) is 3.05. The zero-order valence-electron chi connectivity index (χ0n) is 21.2. The molecule has 4 aliphatic carbocycles. The van der Waals surface area contributed by atoms with Gasteiger partial charge in [0.05, 0.1) is 18.1 Å². The topological polar surface area (TPSA) is 77.8 Å².